The second-order valence-electron chi connectivity index (χ2n) is 4.79. The van der Waals surface area contributed by atoms with Gasteiger partial charge in [0.05, 0.1) is 6.54 Å². The van der Waals surface area contributed by atoms with E-state index >= 15 is 0 Å². The molecule has 0 saturated carbocycles. The Kier molecular flexibility index (Phi) is 3.57. The topological polar surface area (TPSA) is 54.2 Å². The van der Waals surface area contributed by atoms with Crippen molar-refractivity contribution in [2.24, 2.45) is 0 Å². The highest BCUT2D eigenvalue weighted by Crippen LogP contribution is 2.19. The van der Waals surface area contributed by atoms with Crippen molar-refractivity contribution in [1.82, 2.24) is 20.2 Å². The molecule has 100 valence electrons. The molecular weight excluding hydrogens is 240 g/mol. The molecule has 0 aliphatic carbocycles. The van der Waals surface area contributed by atoms with Crippen LogP contribution < -0.4 is 5.32 Å². The lowest BCUT2D eigenvalue weighted by molar-refractivity contribution is 0.228. The zero-order valence-electron chi connectivity index (χ0n) is 11.1. The number of rotatable bonds is 3. The predicted molar refractivity (Wildman–Crippen MR) is 72.6 cm³/mol. The number of nitrogens with one attached hydrogen (secondary N) is 1. The van der Waals surface area contributed by atoms with E-state index in [1.807, 2.05) is 25.1 Å². The first-order valence-corrected chi connectivity index (χ1v) is 6.63. The molecule has 0 bridgehead atoms. The third kappa shape index (κ3) is 3.00. The Bertz CT molecular complexity index is 546. The molecular formula is C14H18N4O. The van der Waals surface area contributed by atoms with Crippen molar-refractivity contribution < 1.29 is 4.42 Å². The first-order valence-electron chi connectivity index (χ1n) is 6.63. The summed E-state index contributed by atoms with van der Waals surface area (Å²) in [6.45, 7) is 6.91. The minimum absolute atomic E-state index is 0.801. The van der Waals surface area contributed by atoms with Gasteiger partial charge in [0, 0.05) is 32.4 Å². The van der Waals surface area contributed by atoms with Crippen molar-refractivity contribution in [2.75, 3.05) is 26.2 Å². The molecule has 0 aromatic carbocycles. The maximum absolute atomic E-state index is 5.60. The summed E-state index contributed by atoms with van der Waals surface area (Å²) >= 11 is 0. The van der Waals surface area contributed by atoms with E-state index < -0.39 is 0 Å². The van der Waals surface area contributed by atoms with Gasteiger partial charge in [0.15, 0.2) is 5.76 Å². The molecule has 5 nitrogen and oxygen atoms in total. The van der Waals surface area contributed by atoms with Gasteiger partial charge in [-0.05, 0) is 25.1 Å². The van der Waals surface area contributed by atoms with Crippen LogP contribution in [0.5, 0.6) is 0 Å². The van der Waals surface area contributed by atoms with E-state index in [9.17, 15) is 0 Å². The van der Waals surface area contributed by atoms with Crippen LogP contribution in [-0.2, 0) is 6.54 Å². The monoisotopic (exact) mass is 258 g/mol. The number of nitrogens with zero attached hydrogens (tertiary/aromatic N) is 3. The molecule has 0 atom stereocenters. The van der Waals surface area contributed by atoms with Gasteiger partial charge in [-0.3, -0.25) is 4.90 Å². The van der Waals surface area contributed by atoms with E-state index in [1.54, 1.807) is 6.20 Å². The van der Waals surface area contributed by atoms with Gasteiger partial charge in [-0.1, -0.05) is 0 Å². The van der Waals surface area contributed by atoms with Gasteiger partial charge in [0.2, 0.25) is 0 Å². The standard InChI is InChI=1S/C14H18N4O/c1-11-2-3-13(19-11)12-4-5-16-14(17-12)10-18-8-6-15-7-9-18/h2-5,15H,6-10H2,1H3. The fourth-order valence-electron chi connectivity index (χ4n) is 2.25. The summed E-state index contributed by atoms with van der Waals surface area (Å²) in [5.41, 5.74) is 0.855. The number of hydrogen-bond acceptors (Lipinski definition) is 5. The van der Waals surface area contributed by atoms with Gasteiger partial charge >= 0.3 is 0 Å². The average Bonchev–Trinajstić information content (AvgIpc) is 2.87. The van der Waals surface area contributed by atoms with Crippen molar-refractivity contribution in [2.45, 2.75) is 13.5 Å². The molecule has 3 heterocycles. The van der Waals surface area contributed by atoms with Crippen molar-refractivity contribution in [3.63, 3.8) is 0 Å². The normalized spacial score (nSPS) is 16.7. The highest BCUT2D eigenvalue weighted by Gasteiger charge is 2.12. The Morgan fingerprint density at radius 1 is 1.26 bits per heavy atom. The molecule has 0 amide bonds. The minimum atomic E-state index is 0.801. The maximum atomic E-state index is 5.60. The van der Waals surface area contributed by atoms with Crippen LogP contribution in [0.15, 0.2) is 28.8 Å². The first-order chi connectivity index (χ1) is 9.31. The van der Waals surface area contributed by atoms with Crippen LogP contribution in [0.3, 0.4) is 0 Å². The fraction of sp³-hybridized carbons (Fsp3) is 0.429. The fourth-order valence-corrected chi connectivity index (χ4v) is 2.25. The number of aryl methyl sites for hydroxylation is 1. The molecule has 2 aromatic rings. The van der Waals surface area contributed by atoms with Gasteiger partial charge in [0.25, 0.3) is 0 Å². The Labute approximate surface area is 112 Å². The first kappa shape index (κ1) is 12.3. The summed E-state index contributed by atoms with van der Waals surface area (Å²) < 4.78 is 5.60. The van der Waals surface area contributed by atoms with E-state index in [-0.39, 0.29) is 0 Å². The number of aromatic nitrogens is 2. The Morgan fingerprint density at radius 2 is 2.11 bits per heavy atom. The molecule has 1 saturated heterocycles. The zero-order chi connectivity index (χ0) is 13.1. The van der Waals surface area contributed by atoms with Gasteiger partial charge in [-0.15, -0.1) is 0 Å². The molecule has 3 rings (SSSR count). The molecule has 0 unspecified atom stereocenters. The third-order valence-corrected chi connectivity index (χ3v) is 3.27. The Balaban J connectivity index is 1.75. The average molecular weight is 258 g/mol. The molecule has 1 N–H and O–H groups in total. The smallest absolute Gasteiger partial charge is 0.152 e. The van der Waals surface area contributed by atoms with E-state index in [0.29, 0.717) is 0 Å². The summed E-state index contributed by atoms with van der Waals surface area (Å²) in [6.07, 6.45) is 1.80. The zero-order valence-corrected chi connectivity index (χ0v) is 11.1. The lowest BCUT2D eigenvalue weighted by atomic mass is 10.3. The predicted octanol–water partition coefficient (Wildman–Crippen LogP) is 1.45. The van der Waals surface area contributed by atoms with Crippen LogP contribution >= 0.6 is 0 Å². The number of piperazine rings is 1. The lowest BCUT2D eigenvalue weighted by Crippen LogP contribution is -2.43. The van der Waals surface area contributed by atoms with Crippen molar-refractivity contribution in [1.29, 1.82) is 0 Å². The summed E-state index contributed by atoms with van der Waals surface area (Å²) in [7, 11) is 0. The van der Waals surface area contributed by atoms with E-state index in [1.165, 1.54) is 0 Å². The molecule has 2 aromatic heterocycles. The van der Waals surface area contributed by atoms with E-state index in [0.717, 1.165) is 55.8 Å². The summed E-state index contributed by atoms with van der Waals surface area (Å²) in [5.74, 6) is 2.56. The summed E-state index contributed by atoms with van der Waals surface area (Å²) in [5, 5.41) is 3.34. The SMILES string of the molecule is Cc1ccc(-c2ccnc(CN3CCNCC3)n2)o1. The van der Waals surface area contributed by atoms with E-state index in [4.69, 9.17) is 4.42 Å². The Morgan fingerprint density at radius 3 is 2.84 bits per heavy atom. The van der Waals surface area contributed by atoms with Crippen LogP contribution in [0.1, 0.15) is 11.6 Å². The largest absolute Gasteiger partial charge is 0.460 e. The highest BCUT2D eigenvalue weighted by atomic mass is 16.3. The van der Waals surface area contributed by atoms with Crippen molar-refractivity contribution >= 4 is 0 Å². The molecule has 0 radical (unpaired) electrons. The highest BCUT2D eigenvalue weighted by molar-refractivity contribution is 5.51. The Hall–Kier alpha value is -1.72. The molecule has 0 spiro atoms. The molecule has 1 fully saturated rings. The second kappa shape index (κ2) is 5.50. The van der Waals surface area contributed by atoms with E-state index in [2.05, 4.69) is 20.2 Å². The van der Waals surface area contributed by atoms with Crippen LogP contribution in [0, 0.1) is 6.92 Å². The number of furan rings is 1. The summed E-state index contributed by atoms with van der Waals surface area (Å²) in [6, 6.07) is 5.79. The van der Waals surface area contributed by atoms with Crippen LogP contribution in [0.2, 0.25) is 0 Å². The third-order valence-electron chi connectivity index (χ3n) is 3.27. The van der Waals surface area contributed by atoms with Crippen molar-refractivity contribution in [3.05, 3.63) is 36.0 Å². The lowest BCUT2D eigenvalue weighted by Gasteiger charge is -2.26. The quantitative estimate of drug-likeness (QED) is 0.903. The van der Waals surface area contributed by atoms with Gasteiger partial charge in [-0.25, -0.2) is 9.97 Å². The van der Waals surface area contributed by atoms with Gasteiger partial charge < -0.3 is 9.73 Å². The second-order valence-corrected chi connectivity index (χ2v) is 4.79. The minimum Gasteiger partial charge on any atom is -0.460 e. The van der Waals surface area contributed by atoms with Crippen LogP contribution in [0.4, 0.5) is 0 Å². The van der Waals surface area contributed by atoms with Gasteiger partial charge in [0.1, 0.15) is 17.3 Å². The maximum Gasteiger partial charge on any atom is 0.152 e. The number of hydrogen-bond donors (Lipinski definition) is 1. The van der Waals surface area contributed by atoms with Crippen LogP contribution in [0.25, 0.3) is 11.5 Å². The van der Waals surface area contributed by atoms with Crippen LogP contribution in [-0.4, -0.2) is 41.0 Å². The van der Waals surface area contributed by atoms with Crippen molar-refractivity contribution in [3.8, 4) is 11.5 Å². The molecule has 1 aliphatic heterocycles. The summed E-state index contributed by atoms with van der Waals surface area (Å²) in [4.78, 5) is 11.3. The van der Waals surface area contributed by atoms with Gasteiger partial charge in [-0.2, -0.15) is 0 Å². The molecule has 19 heavy (non-hydrogen) atoms. The molecule has 1 aliphatic rings. The molecule has 5 heteroatoms.